The van der Waals surface area contributed by atoms with E-state index in [-0.39, 0.29) is 19.3 Å². The summed E-state index contributed by atoms with van der Waals surface area (Å²) >= 11 is 0. The van der Waals surface area contributed by atoms with Crippen LogP contribution in [0.4, 0.5) is 0 Å². The first-order valence-corrected chi connectivity index (χ1v) is 8.73. The fourth-order valence-electron chi connectivity index (χ4n) is 2.51. The molecule has 3 aromatic rings. The molecular weight excluding hydrogens is 346 g/mol. The van der Waals surface area contributed by atoms with Crippen molar-refractivity contribution in [3.8, 4) is 34.6 Å². The van der Waals surface area contributed by atoms with Gasteiger partial charge in [0.2, 0.25) is 0 Å². The van der Waals surface area contributed by atoms with Crippen molar-refractivity contribution in [3.05, 3.63) is 48.5 Å². The molecule has 0 atom stereocenters. The number of benzene rings is 2. The first-order chi connectivity index (χ1) is 13.1. The van der Waals surface area contributed by atoms with E-state index in [2.05, 4.69) is 10.1 Å². The normalized spacial score (nSPS) is 10.9. The molecule has 0 spiro atoms. The molecular formula is C20H23N3O4. The third-order valence-electron chi connectivity index (χ3n) is 3.72. The largest absolute Gasteiger partial charge is 0.497 e. The van der Waals surface area contributed by atoms with Gasteiger partial charge in [-0.3, -0.25) is 0 Å². The van der Waals surface area contributed by atoms with Crippen LogP contribution in [0.1, 0.15) is 13.8 Å². The lowest BCUT2D eigenvalue weighted by Gasteiger charge is -2.08. The molecule has 1 heterocycles. The molecule has 0 radical (unpaired) electrons. The van der Waals surface area contributed by atoms with Crippen molar-refractivity contribution in [2.45, 2.75) is 20.0 Å². The first kappa shape index (κ1) is 18.7. The average molecular weight is 369 g/mol. The van der Waals surface area contributed by atoms with Crippen molar-refractivity contribution < 1.29 is 19.3 Å². The van der Waals surface area contributed by atoms with Gasteiger partial charge in [0.05, 0.1) is 25.5 Å². The van der Waals surface area contributed by atoms with Gasteiger partial charge < -0.3 is 19.3 Å². The van der Waals surface area contributed by atoms with E-state index < -0.39 is 0 Å². The second-order valence-electron chi connectivity index (χ2n) is 6.09. The fourth-order valence-corrected chi connectivity index (χ4v) is 2.51. The third-order valence-corrected chi connectivity index (χ3v) is 3.72. The molecule has 0 amide bonds. The van der Waals surface area contributed by atoms with Crippen molar-refractivity contribution in [3.63, 3.8) is 0 Å². The highest BCUT2D eigenvalue weighted by Gasteiger charge is 2.16. The number of aromatic nitrogens is 3. The minimum absolute atomic E-state index is 0.0244. The summed E-state index contributed by atoms with van der Waals surface area (Å²) in [6.45, 7) is 4.10. The van der Waals surface area contributed by atoms with Gasteiger partial charge in [-0.15, -0.1) is 5.10 Å². The number of aliphatic hydroxyl groups excluding tert-OH is 1. The van der Waals surface area contributed by atoms with Crippen LogP contribution in [0.2, 0.25) is 0 Å². The zero-order valence-corrected chi connectivity index (χ0v) is 15.6. The maximum atomic E-state index is 8.87. The fraction of sp³-hybridized carbons (Fsp3) is 0.300. The zero-order valence-electron chi connectivity index (χ0n) is 15.6. The lowest BCUT2D eigenvalue weighted by molar-refractivity contribution is 0.201. The van der Waals surface area contributed by atoms with E-state index in [9.17, 15) is 0 Å². The highest BCUT2D eigenvalue weighted by molar-refractivity contribution is 5.59. The Bertz CT molecular complexity index is 858. The SMILES string of the molecule is COc1ccc(-n2nc(OC(C)C)nc2-c2ccc(OCCO)cc2)cc1. The van der Waals surface area contributed by atoms with E-state index in [1.807, 2.05) is 62.4 Å². The van der Waals surface area contributed by atoms with Gasteiger partial charge in [0.15, 0.2) is 5.82 Å². The minimum Gasteiger partial charge on any atom is -0.497 e. The number of methoxy groups -OCH3 is 1. The Balaban J connectivity index is 1.97. The molecule has 0 saturated carbocycles. The van der Waals surface area contributed by atoms with Crippen LogP contribution in [0.3, 0.4) is 0 Å². The second-order valence-corrected chi connectivity index (χ2v) is 6.09. The van der Waals surface area contributed by atoms with E-state index in [1.165, 1.54) is 0 Å². The third kappa shape index (κ3) is 4.57. The Morgan fingerprint density at radius 1 is 1.00 bits per heavy atom. The van der Waals surface area contributed by atoms with E-state index in [0.29, 0.717) is 17.6 Å². The molecule has 0 fully saturated rings. The molecule has 0 saturated heterocycles. The van der Waals surface area contributed by atoms with Crippen LogP contribution in [0, 0.1) is 0 Å². The second kappa shape index (κ2) is 8.55. The van der Waals surface area contributed by atoms with Gasteiger partial charge in [-0.25, -0.2) is 4.68 Å². The number of aliphatic hydroxyl groups is 1. The average Bonchev–Trinajstić information content (AvgIpc) is 3.10. The maximum absolute atomic E-state index is 8.87. The van der Waals surface area contributed by atoms with Crippen molar-refractivity contribution in [1.29, 1.82) is 0 Å². The number of nitrogens with zero attached hydrogens (tertiary/aromatic N) is 3. The molecule has 1 aromatic heterocycles. The smallest absolute Gasteiger partial charge is 0.336 e. The standard InChI is InChI=1S/C20H23N3O4/c1-14(2)27-20-21-19(15-4-8-18(9-5-15)26-13-12-24)23(22-20)16-6-10-17(25-3)11-7-16/h4-11,14,24H,12-13H2,1-3H3. The van der Waals surface area contributed by atoms with E-state index in [0.717, 1.165) is 17.0 Å². The van der Waals surface area contributed by atoms with Gasteiger partial charge in [0, 0.05) is 5.56 Å². The van der Waals surface area contributed by atoms with Gasteiger partial charge in [-0.05, 0) is 62.4 Å². The summed E-state index contributed by atoms with van der Waals surface area (Å²) in [7, 11) is 1.63. The Morgan fingerprint density at radius 3 is 2.26 bits per heavy atom. The molecule has 0 aliphatic heterocycles. The Kier molecular flexibility index (Phi) is 5.93. The van der Waals surface area contributed by atoms with Gasteiger partial charge in [0.1, 0.15) is 18.1 Å². The quantitative estimate of drug-likeness (QED) is 0.657. The van der Waals surface area contributed by atoms with Crippen molar-refractivity contribution in [2.75, 3.05) is 20.3 Å². The van der Waals surface area contributed by atoms with Crippen LogP contribution in [-0.4, -0.2) is 46.3 Å². The number of hydrogen-bond donors (Lipinski definition) is 1. The van der Waals surface area contributed by atoms with Crippen molar-refractivity contribution in [2.24, 2.45) is 0 Å². The summed E-state index contributed by atoms with van der Waals surface area (Å²) in [4.78, 5) is 4.55. The lowest BCUT2D eigenvalue weighted by Crippen LogP contribution is -2.07. The highest BCUT2D eigenvalue weighted by atomic mass is 16.5. The Morgan fingerprint density at radius 2 is 1.67 bits per heavy atom. The molecule has 2 aromatic carbocycles. The monoisotopic (exact) mass is 369 g/mol. The molecule has 7 nitrogen and oxygen atoms in total. The summed E-state index contributed by atoms with van der Waals surface area (Å²) in [6, 6.07) is 15.3. The predicted octanol–water partition coefficient (Wildman–Crippen LogP) is 3.10. The predicted molar refractivity (Wildman–Crippen MR) is 102 cm³/mol. The van der Waals surface area contributed by atoms with Gasteiger partial charge in [-0.2, -0.15) is 4.98 Å². The van der Waals surface area contributed by atoms with Crippen molar-refractivity contribution in [1.82, 2.24) is 14.8 Å². The summed E-state index contributed by atoms with van der Waals surface area (Å²) in [5.41, 5.74) is 1.71. The van der Waals surface area contributed by atoms with E-state index in [1.54, 1.807) is 11.8 Å². The molecule has 3 rings (SSSR count). The highest BCUT2D eigenvalue weighted by Crippen LogP contribution is 2.26. The molecule has 0 aliphatic rings. The van der Waals surface area contributed by atoms with Crippen LogP contribution in [0.25, 0.3) is 17.1 Å². The van der Waals surface area contributed by atoms with E-state index in [4.69, 9.17) is 19.3 Å². The molecule has 1 N–H and O–H groups in total. The summed E-state index contributed by atoms with van der Waals surface area (Å²) < 4.78 is 18.1. The molecule has 0 aliphatic carbocycles. The van der Waals surface area contributed by atoms with Crippen LogP contribution in [-0.2, 0) is 0 Å². The Labute approximate surface area is 158 Å². The number of hydrogen-bond acceptors (Lipinski definition) is 6. The maximum Gasteiger partial charge on any atom is 0.336 e. The van der Waals surface area contributed by atoms with Crippen LogP contribution in [0.5, 0.6) is 17.5 Å². The van der Waals surface area contributed by atoms with Gasteiger partial charge in [0.25, 0.3) is 0 Å². The summed E-state index contributed by atoms with van der Waals surface area (Å²) in [5.74, 6) is 2.11. The number of ether oxygens (including phenoxy) is 3. The molecule has 0 bridgehead atoms. The zero-order chi connectivity index (χ0) is 19.2. The van der Waals surface area contributed by atoms with Gasteiger partial charge >= 0.3 is 6.01 Å². The lowest BCUT2D eigenvalue weighted by atomic mass is 10.2. The summed E-state index contributed by atoms with van der Waals surface area (Å²) in [5, 5.41) is 13.4. The van der Waals surface area contributed by atoms with Gasteiger partial charge in [-0.1, -0.05) is 0 Å². The molecule has 7 heteroatoms. The van der Waals surface area contributed by atoms with Crippen molar-refractivity contribution >= 4 is 0 Å². The topological polar surface area (TPSA) is 78.6 Å². The molecule has 0 unspecified atom stereocenters. The molecule has 27 heavy (non-hydrogen) atoms. The summed E-state index contributed by atoms with van der Waals surface area (Å²) in [6.07, 6.45) is -0.0289. The minimum atomic E-state index is -0.0289. The Hall–Kier alpha value is -3.06. The molecule has 142 valence electrons. The van der Waals surface area contributed by atoms with Crippen LogP contribution >= 0.6 is 0 Å². The van der Waals surface area contributed by atoms with E-state index >= 15 is 0 Å². The number of rotatable bonds is 8. The van der Waals surface area contributed by atoms with Crippen LogP contribution in [0.15, 0.2) is 48.5 Å². The van der Waals surface area contributed by atoms with Crippen LogP contribution < -0.4 is 14.2 Å². The first-order valence-electron chi connectivity index (χ1n) is 8.73.